The lowest BCUT2D eigenvalue weighted by Crippen LogP contribution is -2.57. The van der Waals surface area contributed by atoms with E-state index in [1.807, 2.05) is 48.5 Å². The van der Waals surface area contributed by atoms with Crippen LogP contribution in [0.1, 0.15) is 60.2 Å². The van der Waals surface area contributed by atoms with Crippen molar-refractivity contribution in [3.63, 3.8) is 0 Å². The minimum Gasteiger partial charge on any atom is -0.449 e. The predicted molar refractivity (Wildman–Crippen MR) is 143 cm³/mol. The Morgan fingerprint density at radius 3 is 1.30 bits per heavy atom. The van der Waals surface area contributed by atoms with E-state index in [2.05, 4.69) is 50.7 Å². The van der Waals surface area contributed by atoms with Crippen molar-refractivity contribution in [3.05, 3.63) is 59.7 Å². The first-order valence-corrected chi connectivity index (χ1v) is 17.9. The molecule has 0 unspecified atom stereocenters. The number of nitrogens with one attached hydrogen (secondary N) is 2. The van der Waals surface area contributed by atoms with Crippen LogP contribution in [0, 0.1) is 0 Å². The molecule has 180 valence electrons. The molecule has 5 nitrogen and oxygen atoms in total. The summed E-state index contributed by atoms with van der Waals surface area (Å²) >= 11 is 0. The van der Waals surface area contributed by atoms with Crippen LogP contribution < -0.4 is 21.0 Å². The summed E-state index contributed by atoms with van der Waals surface area (Å²) in [5.41, 5.74) is 1.37. The molecule has 33 heavy (non-hydrogen) atoms. The van der Waals surface area contributed by atoms with Crippen LogP contribution in [-0.4, -0.2) is 41.5 Å². The topological polar surface area (TPSA) is 67.4 Å². The fraction of sp³-hybridized carbons (Fsp3) is 0.462. The minimum atomic E-state index is -2.19. The summed E-state index contributed by atoms with van der Waals surface area (Å²) < 4.78 is 6.83. The van der Waals surface area contributed by atoms with Crippen molar-refractivity contribution in [2.45, 2.75) is 65.7 Å². The SMILES string of the molecule is CCCCNC(=O)c1ccc([Si](C)(C)O[Si](C)(C)c2ccc(C(=O)NCCCC)cc2)cc1. The largest absolute Gasteiger partial charge is 0.449 e. The maximum Gasteiger partial charge on any atom is 0.251 e. The molecule has 0 radical (unpaired) electrons. The number of benzene rings is 2. The number of hydrogen-bond donors (Lipinski definition) is 2. The number of hydrogen-bond acceptors (Lipinski definition) is 3. The lowest BCUT2D eigenvalue weighted by atomic mass is 10.2. The Labute approximate surface area is 201 Å². The van der Waals surface area contributed by atoms with E-state index in [0.29, 0.717) is 24.2 Å². The number of carbonyl (C=O) groups is 2. The van der Waals surface area contributed by atoms with Crippen molar-refractivity contribution < 1.29 is 13.7 Å². The summed E-state index contributed by atoms with van der Waals surface area (Å²) in [4.78, 5) is 24.6. The molecule has 2 aromatic carbocycles. The minimum absolute atomic E-state index is 0.0242. The lowest BCUT2D eigenvalue weighted by Gasteiger charge is -2.34. The van der Waals surface area contributed by atoms with Crippen LogP contribution in [0.15, 0.2) is 48.5 Å². The fourth-order valence-corrected chi connectivity index (χ4v) is 11.7. The number of rotatable bonds is 12. The van der Waals surface area contributed by atoms with Gasteiger partial charge in [-0.2, -0.15) is 0 Å². The van der Waals surface area contributed by atoms with Crippen LogP contribution >= 0.6 is 0 Å². The zero-order valence-electron chi connectivity index (χ0n) is 21.1. The second-order valence-corrected chi connectivity index (χ2v) is 17.5. The molecule has 0 saturated carbocycles. The Bertz CT molecular complexity index is 835. The molecule has 0 aliphatic rings. The highest BCUT2D eigenvalue weighted by molar-refractivity contribution is 6.96. The van der Waals surface area contributed by atoms with Gasteiger partial charge in [0.25, 0.3) is 11.8 Å². The van der Waals surface area contributed by atoms with Crippen molar-refractivity contribution in [1.82, 2.24) is 10.6 Å². The molecule has 0 spiro atoms. The smallest absolute Gasteiger partial charge is 0.251 e. The third-order valence-electron chi connectivity index (χ3n) is 5.83. The van der Waals surface area contributed by atoms with Crippen molar-refractivity contribution in [2.24, 2.45) is 0 Å². The third kappa shape index (κ3) is 7.94. The summed E-state index contributed by atoms with van der Waals surface area (Å²) in [5.74, 6) is -0.0483. The van der Waals surface area contributed by atoms with Crippen molar-refractivity contribution >= 4 is 38.8 Å². The van der Waals surface area contributed by atoms with E-state index in [-0.39, 0.29) is 11.8 Å². The lowest BCUT2D eigenvalue weighted by molar-refractivity contribution is 0.0945. The van der Waals surface area contributed by atoms with Gasteiger partial charge in [-0.15, -0.1) is 0 Å². The average molecular weight is 485 g/mol. The van der Waals surface area contributed by atoms with Crippen LogP contribution in [0.2, 0.25) is 26.2 Å². The van der Waals surface area contributed by atoms with E-state index in [0.717, 1.165) is 25.7 Å². The van der Waals surface area contributed by atoms with Gasteiger partial charge in [0.05, 0.1) is 0 Å². The van der Waals surface area contributed by atoms with Crippen molar-refractivity contribution in [2.75, 3.05) is 13.1 Å². The zero-order chi connectivity index (χ0) is 24.5. The Balaban J connectivity index is 2.06. The molecule has 0 aromatic heterocycles. The molecule has 0 aliphatic heterocycles. The maximum atomic E-state index is 12.3. The second kappa shape index (κ2) is 12.3. The van der Waals surface area contributed by atoms with Gasteiger partial charge in [0.1, 0.15) is 0 Å². The third-order valence-corrected chi connectivity index (χ3v) is 13.4. The van der Waals surface area contributed by atoms with E-state index in [4.69, 9.17) is 4.12 Å². The first-order chi connectivity index (χ1) is 15.6. The molecule has 0 fully saturated rings. The summed E-state index contributed by atoms with van der Waals surface area (Å²) in [6.07, 6.45) is 4.10. The van der Waals surface area contributed by atoms with E-state index >= 15 is 0 Å². The first kappa shape index (κ1) is 27.0. The fourth-order valence-electron chi connectivity index (χ4n) is 3.76. The molecule has 0 aliphatic carbocycles. The van der Waals surface area contributed by atoms with Gasteiger partial charge in [-0.05, 0) is 73.7 Å². The van der Waals surface area contributed by atoms with Gasteiger partial charge in [-0.3, -0.25) is 9.59 Å². The van der Waals surface area contributed by atoms with Crippen molar-refractivity contribution in [1.29, 1.82) is 0 Å². The zero-order valence-corrected chi connectivity index (χ0v) is 23.1. The normalized spacial score (nSPS) is 11.8. The summed E-state index contributed by atoms with van der Waals surface area (Å²) in [6.45, 7) is 14.4. The first-order valence-electron chi connectivity index (χ1n) is 12.1. The number of amides is 2. The molecule has 2 aromatic rings. The monoisotopic (exact) mass is 484 g/mol. The highest BCUT2D eigenvalue weighted by Gasteiger charge is 2.36. The van der Waals surface area contributed by atoms with E-state index in [1.165, 1.54) is 10.4 Å². The molecular formula is C26H40N2O3Si2. The number of carbonyl (C=O) groups excluding carboxylic acids is 2. The predicted octanol–water partition coefficient (Wildman–Crippen LogP) is 4.29. The van der Waals surface area contributed by atoms with Crippen LogP contribution in [0.4, 0.5) is 0 Å². The standard InChI is InChI=1S/C26H40N2O3Si2/c1-7-9-19-27-25(29)21-11-15-23(16-12-21)32(3,4)31-33(5,6)24-17-13-22(14-18-24)26(30)28-20-10-8-2/h11-18H,7-10,19-20H2,1-6H3,(H,27,29)(H,28,30). The van der Waals surface area contributed by atoms with E-state index in [1.54, 1.807) is 0 Å². The summed E-state index contributed by atoms with van der Waals surface area (Å²) in [7, 11) is -4.39. The molecule has 2 rings (SSSR count). The molecule has 2 N–H and O–H groups in total. The highest BCUT2D eigenvalue weighted by atomic mass is 28.4. The van der Waals surface area contributed by atoms with E-state index < -0.39 is 16.6 Å². The Morgan fingerprint density at radius 2 is 1.00 bits per heavy atom. The van der Waals surface area contributed by atoms with Gasteiger partial charge < -0.3 is 14.7 Å². The summed E-state index contributed by atoms with van der Waals surface area (Å²) in [5, 5.41) is 8.26. The Kier molecular flexibility index (Phi) is 10.1. The van der Waals surface area contributed by atoms with Gasteiger partial charge in [0.2, 0.25) is 16.6 Å². The maximum absolute atomic E-state index is 12.3. The van der Waals surface area contributed by atoms with Gasteiger partial charge in [-0.25, -0.2) is 0 Å². The van der Waals surface area contributed by atoms with Crippen LogP contribution in [0.25, 0.3) is 0 Å². The molecule has 2 amide bonds. The van der Waals surface area contributed by atoms with Gasteiger partial charge in [0, 0.05) is 24.2 Å². The molecular weight excluding hydrogens is 444 g/mol. The molecule has 7 heteroatoms. The van der Waals surface area contributed by atoms with Gasteiger partial charge in [-0.1, -0.05) is 51.0 Å². The molecule has 0 saturated heterocycles. The van der Waals surface area contributed by atoms with Crippen LogP contribution in [-0.2, 0) is 4.12 Å². The highest BCUT2D eigenvalue weighted by Crippen LogP contribution is 2.16. The Morgan fingerprint density at radius 1 is 0.667 bits per heavy atom. The van der Waals surface area contributed by atoms with Gasteiger partial charge in [0.15, 0.2) is 0 Å². The quantitative estimate of drug-likeness (QED) is 0.349. The van der Waals surface area contributed by atoms with E-state index in [9.17, 15) is 9.59 Å². The van der Waals surface area contributed by atoms with Crippen LogP contribution in [0.5, 0.6) is 0 Å². The molecule has 0 atom stereocenters. The Hall–Kier alpha value is -2.23. The van der Waals surface area contributed by atoms with Crippen LogP contribution in [0.3, 0.4) is 0 Å². The van der Waals surface area contributed by atoms with Crippen molar-refractivity contribution in [3.8, 4) is 0 Å². The van der Waals surface area contributed by atoms with Gasteiger partial charge >= 0.3 is 0 Å². The average Bonchev–Trinajstić information content (AvgIpc) is 2.79. The summed E-state index contributed by atoms with van der Waals surface area (Å²) in [6, 6.07) is 15.7. The molecule has 0 bridgehead atoms. The second-order valence-electron chi connectivity index (χ2n) is 9.50. The number of unbranched alkanes of at least 4 members (excludes halogenated alkanes) is 2. The molecule has 0 heterocycles.